The summed E-state index contributed by atoms with van der Waals surface area (Å²) >= 11 is 6.12. The summed E-state index contributed by atoms with van der Waals surface area (Å²) in [5, 5.41) is 6.60. The normalized spacial score (nSPS) is 10.3. The molecule has 126 valence electrons. The van der Waals surface area contributed by atoms with Gasteiger partial charge in [-0.3, -0.25) is 9.78 Å². The molecule has 6 nitrogen and oxygen atoms in total. The van der Waals surface area contributed by atoms with E-state index in [1.807, 2.05) is 37.3 Å². The standard InChI is InChI=1S/C18H16ClN5O/c1-12-2-3-14(8-15(12)19)24-17-9-16(22-11-23-17)18(25)21-10-13-4-6-20-7-5-13/h2-9,11H,10H2,1H3,(H,21,25)(H,22,23,24). The Bertz CT molecular complexity index is 886. The fourth-order valence-corrected chi connectivity index (χ4v) is 2.32. The molecule has 0 aliphatic rings. The van der Waals surface area contributed by atoms with E-state index in [9.17, 15) is 4.79 Å². The molecule has 0 saturated carbocycles. The van der Waals surface area contributed by atoms with E-state index in [0.29, 0.717) is 17.4 Å². The van der Waals surface area contributed by atoms with Crippen molar-refractivity contribution >= 4 is 29.0 Å². The van der Waals surface area contributed by atoms with E-state index in [2.05, 4.69) is 25.6 Å². The van der Waals surface area contributed by atoms with Crippen molar-refractivity contribution in [2.75, 3.05) is 5.32 Å². The van der Waals surface area contributed by atoms with Crippen LogP contribution in [0.25, 0.3) is 0 Å². The van der Waals surface area contributed by atoms with Crippen LogP contribution >= 0.6 is 11.6 Å². The molecule has 0 fully saturated rings. The van der Waals surface area contributed by atoms with Gasteiger partial charge in [0, 0.05) is 35.7 Å². The molecule has 2 heterocycles. The van der Waals surface area contributed by atoms with E-state index in [0.717, 1.165) is 16.8 Å². The molecule has 2 N–H and O–H groups in total. The molecule has 25 heavy (non-hydrogen) atoms. The van der Waals surface area contributed by atoms with Gasteiger partial charge >= 0.3 is 0 Å². The second kappa shape index (κ2) is 7.72. The van der Waals surface area contributed by atoms with E-state index >= 15 is 0 Å². The van der Waals surface area contributed by atoms with Crippen LogP contribution in [0.3, 0.4) is 0 Å². The molecule has 0 saturated heterocycles. The molecule has 0 spiro atoms. The number of carbonyl (C=O) groups is 1. The minimum atomic E-state index is -0.274. The van der Waals surface area contributed by atoms with Gasteiger partial charge in [0.15, 0.2) is 0 Å². The number of carbonyl (C=O) groups excluding carboxylic acids is 1. The van der Waals surface area contributed by atoms with Gasteiger partial charge in [-0.25, -0.2) is 9.97 Å². The maximum Gasteiger partial charge on any atom is 0.270 e. The molecular formula is C18H16ClN5O. The number of nitrogens with one attached hydrogen (secondary N) is 2. The Balaban J connectivity index is 1.68. The highest BCUT2D eigenvalue weighted by molar-refractivity contribution is 6.31. The molecule has 0 radical (unpaired) electrons. The van der Waals surface area contributed by atoms with Gasteiger partial charge in [0.1, 0.15) is 17.8 Å². The highest BCUT2D eigenvalue weighted by atomic mass is 35.5. The first-order valence-corrected chi connectivity index (χ1v) is 8.02. The lowest BCUT2D eigenvalue weighted by atomic mass is 10.2. The van der Waals surface area contributed by atoms with Gasteiger partial charge in [-0.2, -0.15) is 0 Å². The van der Waals surface area contributed by atoms with Gasteiger partial charge < -0.3 is 10.6 Å². The minimum absolute atomic E-state index is 0.274. The predicted octanol–water partition coefficient (Wildman–Crippen LogP) is 3.51. The third kappa shape index (κ3) is 4.51. The highest BCUT2D eigenvalue weighted by Gasteiger charge is 2.09. The van der Waals surface area contributed by atoms with E-state index < -0.39 is 0 Å². The maximum absolute atomic E-state index is 12.3. The largest absolute Gasteiger partial charge is 0.347 e. The molecule has 3 aromatic rings. The van der Waals surface area contributed by atoms with Crippen LogP contribution in [0.4, 0.5) is 11.5 Å². The smallest absolute Gasteiger partial charge is 0.270 e. The molecule has 0 unspecified atom stereocenters. The number of amides is 1. The van der Waals surface area contributed by atoms with Crippen molar-refractivity contribution in [3.8, 4) is 0 Å². The molecule has 0 atom stereocenters. The zero-order chi connectivity index (χ0) is 17.6. The fraction of sp³-hybridized carbons (Fsp3) is 0.111. The average molecular weight is 354 g/mol. The summed E-state index contributed by atoms with van der Waals surface area (Å²) in [6, 6.07) is 10.9. The van der Waals surface area contributed by atoms with Crippen LogP contribution in [0.15, 0.2) is 55.1 Å². The number of nitrogens with zero attached hydrogens (tertiary/aromatic N) is 3. The third-order valence-corrected chi connectivity index (χ3v) is 3.95. The van der Waals surface area contributed by atoms with Crippen molar-refractivity contribution in [1.82, 2.24) is 20.3 Å². The van der Waals surface area contributed by atoms with Gasteiger partial charge in [0.05, 0.1) is 0 Å². The Labute approximate surface area is 150 Å². The Hall–Kier alpha value is -2.99. The molecule has 2 aromatic heterocycles. The first kappa shape index (κ1) is 16.9. The lowest BCUT2D eigenvalue weighted by Gasteiger charge is -2.09. The molecule has 0 aliphatic heterocycles. The van der Waals surface area contributed by atoms with Gasteiger partial charge in [-0.05, 0) is 42.3 Å². The number of aromatic nitrogens is 3. The Morgan fingerprint density at radius 3 is 2.68 bits per heavy atom. The summed E-state index contributed by atoms with van der Waals surface area (Å²) in [6.45, 7) is 2.34. The van der Waals surface area contributed by atoms with Crippen LogP contribution in [-0.2, 0) is 6.54 Å². The molecule has 1 amide bonds. The van der Waals surface area contributed by atoms with E-state index in [-0.39, 0.29) is 11.6 Å². The number of hydrogen-bond acceptors (Lipinski definition) is 5. The van der Waals surface area contributed by atoms with Gasteiger partial charge in [-0.1, -0.05) is 17.7 Å². The van der Waals surface area contributed by atoms with Crippen molar-refractivity contribution in [1.29, 1.82) is 0 Å². The van der Waals surface area contributed by atoms with Gasteiger partial charge in [-0.15, -0.1) is 0 Å². The number of pyridine rings is 1. The SMILES string of the molecule is Cc1ccc(Nc2cc(C(=O)NCc3ccncc3)ncn2)cc1Cl. The number of rotatable bonds is 5. The van der Waals surface area contributed by atoms with Crippen molar-refractivity contribution in [3.05, 3.63) is 77.0 Å². The van der Waals surface area contributed by atoms with Crippen molar-refractivity contribution in [2.45, 2.75) is 13.5 Å². The first-order chi connectivity index (χ1) is 12.1. The molecule has 0 aliphatic carbocycles. The van der Waals surface area contributed by atoms with Crippen LogP contribution in [0.1, 0.15) is 21.6 Å². The van der Waals surface area contributed by atoms with Gasteiger partial charge in [0.25, 0.3) is 5.91 Å². The number of aryl methyl sites for hydroxylation is 1. The highest BCUT2D eigenvalue weighted by Crippen LogP contribution is 2.22. The Morgan fingerprint density at radius 2 is 1.92 bits per heavy atom. The molecule has 0 bridgehead atoms. The number of hydrogen-bond donors (Lipinski definition) is 2. The van der Waals surface area contributed by atoms with E-state index in [1.165, 1.54) is 6.33 Å². The second-order valence-corrected chi connectivity index (χ2v) is 5.82. The number of anilines is 2. The predicted molar refractivity (Wildman–Crippen MR) is 96.9 cm³/mol. The Kier molecular flexibility index (Phi) is 5.20. The summed E-state index contributed by atoms with van der Waals surface area (Å²) in [6.07, 6.45) is 4.71. The number of halogens is 1. The van der Waals surface area contributed by atoms with Crippen LogP contribution in [-0.4, -0.2) is 20.9 Å². The third-order valence-electron chi connectivity index (χ3n) is 3.55. The first-order valence-electron chi connectivity index (χ1n) is 7.64. The Morgan fingerprint density at radius 1 is 1.12 bits per heavy atom. The lowest BCUT2D eigenvalue weighted by Crippen LogP contribution is -2.24. The summed E-state index contributed by atoms with van der Waals surface area (Å²) in [5.74, 6) is 0.244. The molecule has 3 rings (SSSR count). The maximum atomic E-state index is 12.3. The zero-order valence-electron chi connectivity index (χ0n) is 13.5. The minimum Gasteiger partial charge on any atom is -0.347 e. The molecule has 1 aromatic carbocycles. The quantitative estimate of drug-likeness (QED) is 0.733. The second-order valence-electron chi connectivity index (χ2n) is 5.42. The fourth-order valence-electron chi connectivity index (χ4n) is 2.14. The van der Waals surface area contributed by atoms with Crippen LogP contribution in [0, 0.1) is 6.92 Å². The van der Waals surface area contributed by atoms with Crippen LogP contribution in [0.5, 0.6) is 0 Å². The summed E-state index contributed by atoms with van der Waals surface area (Å²) in [4.78, 5) is 24.4. The lowest BCUT2D eigenvalue weighted by molar-refractivity contribution is 0.0946. The molecular weight excluding hydrogens is 338 g/mol. The molecule has 7 heteroatoms. The van der Waals surface area contributed by atoms with E-state index in [1.54, 1.807) is 18.5 Å². The van der Waals surface area contributed by atoms with Crippen LogP contribution in [0.2, 0.25) is 5.02 Å². The monoisotopic (exact) mass is 353 g/mol. The number of benzene rings is 1. The summed E-state index contributed by atoms with van der Waals surface area (Å²) in [5.41, 5.74) is 3.03. The summed E-state index contributed by atoms with van der Waals surface area (Å²) in [7, 11) is 0. The van der Waals surface area contributed by atoms with Crippen molar-refractivity contribution in [3.63, 3.8) is 0 Å². The van der Waals surface area contributed by atoms with Crippen LogP contribution < -0.4 is 10.6 Å². The van der Waals surface area contributed by atoms with E-state index in [4.69, 9.17) is 11.6 Å². The topological polar surface area (TPSA) is 79.8 Å². The van der Waals surface area contributed by atoms with Gasteiger partial charge in [0.2, 0.25) is 0 Å². The average Bonchev–Trinajstić information content (AvgIpc) is 2.64. The van der Waals surface area contributed by atoms with Crippen molar-refractivity contribution in [2.24, 2.45) is 0 Å². The van der Waals surface area contributed by atoms with Crippen molar-refractivity contribution < 1.29 is 4.79 Å². The zero-order valence-corrected chi connectivity index (χ0v) is 14.3. The summed E-state index contributed by atoms with van der Waals surface area (Å²) < 4.78 is 0.